The van der Waals surface area contributed by atoms with Gasteiger partial charge in [-0.2, -0.15) is 0 Å². The van der Waals surface area contributed by atoms with E-state index >= 15 is 0 Å². The average molecular weight is 277 g/mol. The summed E-state index contributed by atoms with van der Waals surface area (Å²) in [5.41, 5.74) is -0.00893. The summed E-state index contributed by atoms with van der Waals surface area (Å²) in [5.74, 6) is -1.21. The van der Waals surface area contributed by atoms with Crippen LogP contribution in [0.4, 0.5) is 8.78 Å². The summed E-state index contributed by atoms with van der Waals surface area (Å²) in [4.78, 5) is 0. The molecule has 1 rings (SSSR count). The van der Waals surface area contributed by atoms with Crippen LogP contribution in [0.1, 0.15) is 12.0 Å². The van der Waals surface area contributed by atoms with Gasteiger partial charge in [0.2, 0.25) is 0 Å². The maximum absolute atomic E-state index is 13.4. The van der Waals surface area contributed by atoms with Crippen LogP contribution >= 0.6 is 0 Å². The van der Waals surface area contributed by atoms with Gasteiger partial charge in [0.25, 0.3) is 0 Å². The van der Waals surface area contributed by atoms with Gasteiger partial charge in [-0.25, -0.2) is 17.2 Å². The first-order valence-electron chi connectivity index (χ1n) is 5.61. The van der Waals surface area contributed by atoms with E-state index in [0.717, 1.165) is 6.26 Å². The topological polar surface area (TPSA) is 46.2 Å². The van der Waals surface area contributed by atoms with Gasteiger partial charge in [0, 0.05) is 17.9 Å². The minimum absolute atomic E-state index is 0.00538. The Morgan fingerprint density at radius 3 is 2.28 bits per heavy atom. The number of hydrogen-bond acceptors (Lipinski definition) is 3. The third kappa shape index (κ3) is 4.70. The number of hydrogen-bond donors (Lipinski definition) is 1. The van der Waals surface area contributed by atoms with E-state index in [1.165, 1.54) is 18.2 Å². The number of nitrogens with one attached hydrogen (secondary N) is 1. The van der Waals surface area contributed by atoms with Crippen molar-refractivity contribution in [1.29, 1.82) is 0 Å². The molecule has 0 radical (unpaired) electrons. The predicted molar refractivity (Wildman–Crippen MR) is 67.2 cm³/mol. The van der Waals surface area contributed by atoms with Gasteiger partial charge in [-0.1, -0.05) is 6.07 Å². The molecule has 1 aromatic rings. The smallest absolute Gasteiger partial charge is 0.147 e. The first-order valence-corrected chi connectivity index (χ1v) is 7.67. The molecule has 3 nitrogen and oxygen atoms in total. The van der Waals surface area contributed by atoms with E-state index in [1.807, 2.05) is 0 Å². The lowest BCUT2D eigenvalue weighted by molar-refractivity contribution is 0.493. The van der Waals surface area contributed by atoms with E-state index in [9.17, 15) is 17.2 Å². The molecule has 0 amide bonds. The van der Waals surface area contributed by atoms with Crippen LogP contribution in [-0.2, 0) is 16.3 Å². The van der Waals surface area contributed by atoms with Crippen LogP contribution in [0.25, 0.3) is 0 Å². The van der Waals surface area contributed by atoms with E-state index in [-0.39, 0.29) is 23.8 Å². The summed E-state index contributed by atoms with van der Waals surface area (Å²) in [5, 5.41) is 2.88. The highest BCUT2D eigenvalue weighted by atomic mass is 32.2. The number of halogens is 2. The van der Waals surface area contributed by atoms with Gasteiger partial charge in [0.1, 0.15) is 21.5 Å². The Hall–Kier alpha value is -1.01. The Bertz CT molecular complexity index is 483. The second-order valence-corrected chi connectivity index (χ2v) is 6.57. The van der Waals surface area contributed by atoms with Crippen molar-refractivity contribution in [3.8, 4) is 0 Å². The first kappa shape index (κ1) is 15.0. The molecule has 0 saturated heterocycles. The fourth-order valence-electron chi connectivity index (χ4n) is 1.68. The third-order valence-corrected chi connectivity index (χ3v) is 3.73. The maximum atomic E-state index is 13.4. The van der Waals surface area contributed by atoms with E-state index in [0.29, 0.717) is 6.42 Å². The summed E-state index contributed by atoms with van der Waals surface area (Å²) in [7, 11) is -1.42. The van der Waals surface area contributed by atoms with Gasteiger partial charge >= 0.3 is 0 Å². The second-order valence-electron chi connectivity index (χ2n) is 4.31. The maximum Gasteiger partial charge on any atom is 0.147 e. The van der Waals surface area contributed by atoms with Crippen molar-refractivity contribution in [3.05, 3.63) is 35.4 Å². The third-order valence-electron chi connectivity index (χ3n) is 2.76. The first-order chi connectivity index (χ1) is 8.33. The van der Waals surface area contributed by atoms with Gasteiger partial charge < -0.3 is 5.32 Å². The van der Waals surface area contributed by atoms with Gasteiger partial charge in [-0.3, -0.25) is 0 Å². The Balaban J connectivity index is 2.74. The van der Waals surface area contributed by atoms with Crippen molar-refractivity contribution in [2.24, 2.45) is 0 Å². The van der Waals surface area contributed by atoms with Gasteiger partial charge in [0.05, 0.1) is 5.75 Å². The zero-order valence-corrected chi connectivity index (χ0v) is 11.2. The Kier molecular flexibility index (Phi) is 5.22. The average Bonchev–Trinajstić information content (AvgIpc) is 2.26. The minimum Gasteiger partial charge on any atom is -0.317 e. The molecule has 102 valence electrons. The Morgan fingerprint density at radius 2 is 1.83 bits per heavy atom. The standard InChI is InChI=1S/C12H17F2NO2S/c1-15-9(6-7-18(2,16)17)8-10-11(13)4-3-5-12(10)14/h3-5,9,15H,6-8H2,1-2H3. The predicted octanol–water partition coefficient (Wildman–Crippen LogP) is 1.53. The molecule has 0 spiro atoms. The molecule has 0 fully saturated rings. The van der Waals surface area contributed by atoms with E-state index in [4.69, 9.17) is 0 Å². The van der Waals surface area contributed by atoms with E-state index in [2.05, 4.69) is 5.32 Å². The van der Waals surface area contributed by atoms with Crippen LogP contribution < -0.4 is 5.32 Å². The zero-order valence-electron chi connectivity index (χ0n) is 10.4. The fraction of sp³-hybridized carbons (Fsp3) is 0.500. The Morgan fingerprint density at radius 1 is 1.28 bits per heavy atom. The molecule has 1 unspecified atom stereocenters. The molecule has 0 saturated carbocycles. The lowest BCUT2D eigenvalue weighted by atomic mass is 10.0. The molecule has 1 atom stereocenters. The molecule has 18 heavy (non-hydrogen) atoms. The molecule has 0 aromatic heterocycles. The number of sulfone groups is 1. The second kappa shape index (κ2) is 6.24. The molecule has 0 aliphatic rings. The monoisotopic (exact) mass is 277 g/mol. The van der Waals surface area contributed by atoms with Crippen LogP contribution in [0, 0.1) is 11.6 Å². The molecular weight excluding hydrogens is 260 g/mol. The van der Waals surface area contributed by atoms with Crippen LogP contribution in [0.5, 0.6) is 0 Å². The summed E-state index contributed by atoms with van der Waals surface area (Å²) in [6, 6.07) is 3.42. The molecular formula is C12H17F2NO2S. The zero-order chi connectivity index (χ0) is 13.8. The fourth-order valence-corrected chi connectivity index (χ4v) is 2.39. The van der Waals surface area contributed by atoms with Gasteiger partial charge in [0.15, 0.2) is 0 Å². The highest BCUT2D eigenvalue weighted by Crippen LogP contribution is 2.15. The number of likely N-dealkylation sites (N-methyl/N-ethyl adjacent to an activating group) is 1. The molecule has 1 N–H and O–H groups in total. The van der Waals surface area contributed by atoms with Crippen LogP contribution in [0.15, 0.2) is 18.2 Å². The summed E-state index contributed by atoms with van der Waals surface area (Å²) in [6.07, 6.45) is 1.59. The molecule has 6 heteroatoms. The number of benzene rings is 1. The van der Waals surface area contributed by atoms with Crippen molar-refractivity contribution in [3.63, 3.8) is 0 Å². The number of rotatable bonds is 6. The highest BCUT2D eigenvalue weighted by Gasteiger charge is 2.16. The molecule has 0 bridgehead atoms. The van der Waals surface area contributed by atoms with Gasteiger partial charge in [-0.15, -0.1) is 0 Å². The van der Waals surface area contributed by atoms with Crippen molar-refractivity contribution in [2.45, 2.75) is 18.9 Å². The largest absolute Gasteiger partial charge is 0.317 e. The molecule has 0 aliphatic heterocycles. The highest BCUT2D eigenvalue weighted by molar-refractivity contribution is 7.90. The lowest BCUT2D eigenvalue weighted by Gasteiger charge is -2.16. The quantitative estimate of drug-likeness (QED) is 0.857. The summed E-state index contributed by atoms with van der Waals surface area (Å²) < 4.78 is 49.0. The van der Waals surface area contributed by atoms with Crippen molar-refractivity contribution in [1.82, 2.24) is 5.32 Å². The summed E-state index contributed by atoms with van der Waals surface area (Å²) >= 11 is 0. The molecule has 1 aromatic carbocycles. The Labute approximate surface area is 106 Å². The molecule has 0 heterocycles. The lowest BCUT2D eigenvalue weighted by Crippen LogP contribution is -2.30. The normalized spacial score (nSPS) is 13.6. The van der Waals surface area contributed by atoms with Crippen molar-refractivity contribution >= 4 is 9.84 Å². The van der Waals surface area contributed by atoms with Gasteiger partial charge in [-0.05, 0) is 32.0 Å². The van der Waals surface area contributed by atoms with Crippen molar-refractivity contribution in [2.75, 3.05) is 19.1 Å². The molecule has 0 aliphatic carbocycles. The van der Waals surface area contributed by atoms with E-state index < -0.39 is 21.5 Å². The van der Waals surface area contributed by atoms with Crippen LogP contribution in [0.3, 0.4) is 0 Å². The van der Waals surface area contributed by atoms with Crippen LogP contribution in [0.2, 0.25) is 0 Å². The van der Waals surface area contributed by atoms with Crippen LogP contribution in [-0.4, -0.2) is 33.5 Å². The SMILES string of the molecule is CNC(CCS(C)(=O)=O)Cc1c(F)cccc1F. The summed E-state index contributed by atoms with van der Waals surface area (Å²) in [6.45, 7) is 0. The van der Waals surface area contributed by atoms with E-state index in [1.54, 1.807) is 7.05 Å². The van der Waals surface area contributed by atoms with Crippen molar-refractivity contribution < 1.29 is 17.2 Å². The minimum atomic E-state index is -3.07.